The standard InChI is InChI=1S/C14H22N4O.2ClH/c1-11(9-15)14(19)17-12-5-6-13(16-10-12)18-7-3-2-4-8-18;;/h5-6,10-11H,2-4,7-9,15H2,1H3,(H,17,19);2*1H. The first-order valence-corrected chi connectivity index (χ1v) is 6.92. The van der Waals surface area contributed by atoms with Crippen LogP contribution in [0.5, 0.6) is 0 Å². The van der Waals surface area contributed by atoms with Crippen LogP contribution in [0, 0.1) is 5.92 Å². The van der Waals surface area contributed by atoms with Crippen LogP contribution in [0.3, 0.4) is 0 Å². The van der Waals surface area contributed by atoms with Gasteiger partial charge < -0.3 is 16.0 Å². The Morgan fingerprint density at radius 3 is 2.52 bits per heavy atom. The van der Waals surface area contributed by atoms with E-state index in [1.54, 1.807) is 6.20 Å². The molecule has 0 radical (unpaired) electrons. The second kappa shape index (κ2) is 9.82. The van der Waals surface area contributed by atoms with Crippen molar-refractivity contribution in [1.29, 1.82) is 0 Å². The molecule has 120 valence electrons. The maximum atomic E-state index is 11.7. The minimum atomic E-state index is -0.179. The lowest BCUT2D eigenvalue weighted by atomic mass is 10.1. The molecule has 0 bridgehead atoms. The third-order valence-electron chi connectivity index (χ3n) is 3.50. The summed E-state index contributed by atoms with van der Waals surface area (Å²) in [4.78, 5) is 18.4. The normalized spacial score (nSPS) is 15.4. The molecule has 0 saturated carbocycles. The minimum Gasteiger partial charge on any atom is -0.357 e. The largest absolute Gasteiger partial charge is 0.357 e. The highest BCUT2D eigenvalue weighted by atomic mass is 35.5. The van der Waals surface area contributed by atoms with Crippen LogP contribution in [0.4, 0.5) is 11.5 Å². The summed E-state index contributed by atoms with van der Waals surface area (Å²) in [7, 11) is 0. The number of nitrogens with two attached hydrogens (primary N) is 1. The second-order valence-corrected chi connectivity index (χ2v) is 5.08. The Bertz CT molecular complexity index is 421. The van der Waals surface area contributed by atoms with Crippen LogP contribution in [0.1, 0.15) is 26.2 Å². The van der Waals surface area contributed by atoms with Gasteiger partial charge in [-0.25, -0.2) is 4.98 Å². The molecule has 1 atom stereocenters. The average Bonchev–Trinajstić information content (AvgIpc) is 2.48. The number of carbonyl (C=O) groups is 1. The summed E-state index contributed by atoms with van der Waals surface area (Å²) >= 11 is 0. The van der Waals surface area contributed by atoms with Gasteiger partial charge in [0.2, 0.25) is 5.91 Å². The fraction of sp³-hybridized carbons (Fsp3) is 0.571. The van der Waals surface area contributed by atoms with Gasteiger partial charge in [-0.3, -0.25) is 4.79 Å². The zero-order valence-electron chi connectivity index (χ0n) is 12.2. The molecule has 1 aliphatic rings. The molecule has 1 aliphatic heterocycles. The molecular weight excluding hydrogens is 311 g/mol. The van der Waals surface area contributed by atoms with Gasteiger partial charge in [0.05, 0.1) is 11.9 Å². The van der Waals surface area contributed by atoms with Gasteiger partial charge in [-0.05, 0) is 31.4 Å². The molecule has 2 heterocycles. The number of aromatic nitrogens is 1. The van der Waals surface area contributed by atoms with Crippen LogP contribution in [0.2, 0.25) is 0 Å². The lowest BCUT2D eigenvalue weighted by Gasteiger charge is -2.27. The Labute approximate surface area is 138 Å². The van der Waals surface area contributed by atoms with Crippen molar-refractivity contribution < 1.29 is 4.79 Å². The Kier molecular flexibility index (Phi) is 9.33. The first-order chi connectivity index (χ1) is 9.20. The Morgan fingerprint density at radius 2 is 2.00 bits per heavy atom. The van der Waals surface area contributed by atoms with Crippen LogP contribution in [0.25, 0.3) is 0 Å². The lowest BCUT2D eigenvalue weighted by molar-refractivity contribution is -0.119. The van der Waals surface area contributed by atoms with Crippen molar-refractivity contribution in [3.63, 3.8) is 0 Å². The molecule has 7 heteroatoms. The number of amides is 1. The van der Waals surface area contributed by atoms with Gasteiger partial charge in [0.15, 0.2) is 0 Å². The van der Waals surface area contributed by atoms with Gasteiger partial charge in [-0.2, -0.15) is 0 Å². The van der Waals surface area contributed by atoms with Crippen molar-refractivity contribution in [1.82, 2.24) is 4.98 Å². The van der Waals surface area contributed by atoms with E-state index in [-0.39, 0.29) is 36.6 Å². The Hall–Kier alpha value is -1.04. The number of carbonyl (C=O) groups excluding carboxylic acids is 1. The number of rotatable bonds is 4. The summed E-state index contributed by atoms with van der Waals surface area (Å²) in [5, 5.41) is 2.82. The van der Waals surface area contributed by atoms with E-state index in [1.165, 1.54) is 19.3 Å². The minimum absolute atomic E-state index is 0. The molecule has 0 aromatic carbocycles. The summed E-state index contributed by atoms with van der Waals surface area (Å²) in [6.07, 6.45) is 5.48. The first kappa shape index (κ1) is 20.0. The van der Waals surface area contributed by atoms with Crippen molar-refractivity contribution >= 4 is 42.2 Å². The highest BCUT2D eigenvalue weighted by Gasteiger charge is 2.13. The molecule has 0 spiro atoms. The SMILES string of the molecule is CC(CN)C(=O)Nc1ccc(N2CCCCC2)nc1.Cl.Cl. The van der Waals surface area contributed by atoms with Crippen LogP contribution in [0.15, 0.2) is 18.3 Å². The molecule has 0 aliphatic carbocycles. The number of nitrogens with one attached hydrogen (secondary N) is 1. The van der Waals surface area contributed by atoms with Gasteiger partial charge in [0.25, 0.3) is 0 Å². The van der Waals surface area contributed by atoms with E-state index in [0.29, 0.717) is 6.54 Å². The number of piperidine rings is 1. The van der Waals surface area contributed by atoms with E-state index in [9.17, 15) is 4.79 Å². The van der Waals surface area contributed by atoms with Crippen molar-refractivity contribution in [2.24, 2.45) is 11.7 Å². The second-order valence-electron chi connectivity index (χ2n) is 5.08. The summed E-state index contributed by atoms with van der Waals surface area (Å²) in [6, 6.07) is 3.87. The maximum Gasteiger partial charge on any atom is 0.228 e. The molecular formula is C14H24Cl2N4O. The van der Waals surface area contributed by atoms with Crippen molar-refractivity contribution in [2.75, 3.05) is 29.9 Å². The van der Waals surface area contributed by atoms with Gasteiger partial charge in [-0.15, -0.1) is 24.8 Å². The number of nitrogens with zero attached hydrogens (tertiary/aromatic N) is 2. The first-order valence-electron chi connectivity index (χ1n) is 6.92. The Balaban J connectivity index is 0.00000200. The Morgan fingerprint density at radius 1 is 1.33 bits per heavy atom. The quantitative estimate of drug-likeness (QED) is 0.887. The summed E-state index contributed by atoms with van der Waals surface area (Å²) in [6.45, 7) is 4.31. The van der Waals surface area contributed by atoms with Gasteiger partial charge >= 0.3 is 0 Å². The zero-order valence-corrected chi connectivity index (χ0v) is 13.9. The van der Waals surface area contributed by atoms with E-state index in [0.717, 1.165) is 24.6 Å². The van der Waals surface area contributed by atoms with Crippen molar-refractivity contribution in [2.45, 2.75) is 26.2 Å². The van der Waals surface area contributed by atoms with Gasteiger partial charge in [-0.1, -0.05) is 6.92 Å². The maximum absolute atomic E-state index is 11.7. The zero-order chi connectivity index (χ0) is 13.7. The number of hydrogen-bond donors (Lipinski definition) is 2. The fourth-order valence-electron chi connectivity index (χ4n) is 2.14. The predicted octanol–water partition coefficient (Wildman–Crippen LogP) is 2.45. The molecule has 1 fully saturated rings. The summed E-state index contributed by atoms with van der Waals surface area (Å²) in [5.41, 5.74) is 6.19. The fourth-order valence-corrected chi connectivity index (χ4v) is 2.14. The van der Waals surface area contributed by atoms with E-state index in [2.05, 4.69) is 15.2 Å². The highest BCUT2D eigenvalue weighted by Crippen LogP contribution is 2.19. The van der Waals surface area contributed by atoms with E-state index in [1.807, 2.05) is 19.1 Å². The number of hydrogen-bond acceptors (Lipinski definition) is 4. The molecule has 3 N–H and O–H groups in total. The third kappa shape index (κ3) is 5.69. The van der Waals surface area contributed by atoms with Crippen molar-refractivity contribution in [3.05, 3.63) is 18.3 Å². The topological polar surface area (TPSA) is 71.2 Å². The van der Waals surface area contributed by atoms with Crippen LogP contribution in [-0.4, -0.2) is 30.5 Å². The number of pyridine rings is 1. The smallest absolute Gasteiger partial charge is 0.228 e. The molecule has 1 saturated heterocycles. The van der Waals surface area contributed by atoms with E-state index >= 15 is 0 Å². The van der Waals surface area contributed by atoms with Crippen LogP contribution in [-0.2, 0) is 4.79 Å². The highest BCUT2D eigenvalue weighted by molar-refractivity contribution is 5.92. The molecule has 1 aromatic heterocycles. The number of halogens is 2. The molecule has 2 rings (SSSR count). The van der Waals surface area contributed by atoms with Gasteiger partial charge in [0.1, 0.15) is 5.82 Å². The lowest BCUT2D eigenvalue weighted by Crippen LogP contribution is -2.30. The van der Waals surface area contributed by atoms with Crippen LogP contribution >= 0.6 is 24.8 Å². The summed E-state index contributed by atoms with van der Waals surface area (Å²) < 4.78 is 0. The average molecular weight is 335 g/mol. The molecule has 1 aromatic rings. The third-order valence-corrected chi connectivity index (χ3v) is 3.50. The van der Waals surface area contributed by atoms with E-state index in [4.69, 9.17) is 5.73 Å². The summed E-state index contributed by atoms with van der Waals surface area (Å²) in [5.74, 6) is 0.751. The predicted molar refractivity (Wildman–Crippen MR) is 91.6 cm³/mol. The number of anilines is 2. The monoisotopic (exact) mass is 334 g/mol. The molecule has 5 nitrogen and oxygen atoms in total. The van der Waals surface area contributed by atoms with Crippen LogP contribution < -0.4 is 16.0 Å². The molecule has 21 heavy (non-hydrogen) atoms. The molecule has 1 amide bonds. The van der Waals surface area contributed by atoms with E-state index < -0.39 is 0 Å². The van der Waals surface area contributed by atoms with Crippen molar-refractivity contribution in [3.8, 4) is 0 Å². The molecule has 1 unspecified atom stereocenters. The van der Waals surface area contributed by atoms with Gasteiger partial charge in [0, 0.05) is 25.6 Å².